The lowest BCUT2D eigenvalue weighted by Crippen LogP contribution is -2.26. The second-order valence-corrected chi connectivity index (χ2v) is 8.31. The van der Waals surface area contributed by atoms with E-state index in [4.69, 9.17) is 0 Å². The summed E-state index contributed by atoms with van der Waals surface area (Å²) in [4.78, 5) is 25.6. The first kappa shape index (κ1) is 22.4. The van der Waals surface area contributed by atoms with Gasteiger partial charge in [0, 0.05) is 29.9 Å². The number of hydrogen-bond acceptors (Lipinski definition) is 3. The van der Waals surface area contributed by atoms with Crippen molar-refractivity contribution in [3.8, 4) is 11.3 Å². The number of pyridine rings is 1. The zero-order chi connectivity index (χ0) is 24.7. The summed E-state index contributed by atoms with van der Waals surface area (Å²) < 4.78 is 43.5. The van der Waals surface area contributed by atoms with Crippen LogP contribution in [0.1, 0.15) is 11.1 Å². The summed E-state index contributed by atoms with van der Waals surface area (Å²) in [6, 6.07) is 15.1. The largest absolute Gasteiger partial charge is 0.342 e. The highest BCUT2D eigenvalue weighted by molar-refractivity contribution is 5.94. The lowest BCUT2D eigenvalue weighted by atomic mass is 10.1. The molecule has 2 aliphatic rings. The van der Waals surface area contributed by atoms with E-state index < -0.39 is 35.5 Å². The minimum atomic E-state index is -1.11. The van der Waals surface area contributed by atoms with E-state index in [1.54, 1.807) is 12.3 Å². The van der Waals surface area contributed by atoms with E-state index >= 15 is 0 Å². The Morgan fingerprint density at radius 1 is 1.00 bits per heavy atom. The number of aryl methyl sites for hydroxylation is 1. The first-order chi connectivity index (χ1) is 16.8. The molecular formula is C26H19F3N4O2. The highest BCUT2D eigenvalue weighted by Gasteiger charge is 2.22. The van der Waals surface area contributed by atoms with E-state index in [9.17, 15) is 22.8 Å². The summed E-state index contributed by atoms with van der Waals surface area (Å²) in [7, 11) is 0. The topological polar surface area (TPSA) is 68.9 Å². The molecular weight excluding hydrogens is 457 g/mol. The van der Waals surface area contributed by atoms with Gasteiger partial charge in [-0.15, -0.1) is 0 Å². The van der Waals surface area contributed by atoms with Gasteiger partial charge in [0.05, 0.1) is 11.1 Å². The van der Waals surface area contributed by atoms with Crippen LogP contribution in [0.3, 0.4) is 0 Å². The second kappa shape index (κ2) is 8.75. The summed E-state index contributed by atoms with van der Waals surface area (Å²) >= 11 is 0. The molecule has 2 aliphatic heterocycles. The molecule has 0 unspecified atom stereocenters. The Bertz CT molecular complexity index is 1620. The van der Waals surface area contributed by atoms with Crippen LogP contribution in [-0.4, -0.2) is 20.3 Å². The first-order valence-corrected chi connectivity index (χ1v) is 10.8. The number of nitrogens with zero attached hydrogens (tertiary/aromatic N) is 3. The summed E-state index contributed by atoms with van der Waals surface area (Å²) in [6.07, 6.45) is 1.65. The van der Waals surface area contributed by atoms with Crippen LogP contribution in [0.5, 0.6) is 0 Å². The maximum atomic E-state index is 14.2. The Labute approximate surface area is 197 Å². The molecule has 3 aromatic rings. The minimum absolute atomic E-state index is 0.0431. The average Bonchev–Trinajstić information content (AvgIpc) is 3.11. The molecule has 0 aliphatic carbocycles. The number of amides is 1. The van der Waals surface area contributed by atoms with Crippen LogP contribution in [0.15, 0.2) is 71.7 Å². The molecule has 176 valence electrons. The van der Waals surface area contributed by atoms with E-state index in [2.05, 4.69) is 10.4 Å². The fraction of sp³-hybridized carbons (Fsp3) is 0.115. The fourth-order valence-electron chi connectivity index (χ4n) is 4.10. The van der Waals surface area contributed by atoms with Gasteiger partial charge in [0.25, 0.3) is 5.56 Å². The van der Waals surface area contributed by atoms with E-state index in [1.165, 1.54) is 18.2 Å². The summed E-state index contributed by atoms with van der Waals surface area (Å²) in [5.74, 6) is -3.28. The first-order valence-electron chi connectivity index (χ1n) is 10.8. The second-order valence-electron chi connectivity index (χ2n) is 8.31. The number of nitrogens with one attached hydrogen (secondary N) is 1. The van der Waals surface area contributed by atoms with Crippen LogP contribution in [0.25, 0.3) is 22.2 Å². The predicted octanol–water partition coefficient (Wildman–Crippen LogP) is 4.72. The normalized spacial score (nSPS) is 11.3. The van der Waals surface area contributed by atoms with Crippen LogP contribution in [0, 0.1) is 24.4 Å². The molecule has 0 saturated carbocycles. The number of anilines is 1. The van der Waals surface area contributed by atoms with Gasteiger partial charge in [-0.1, -0.05) is 29.8 Å². The van der Waals surface area contributed by atoms with Gasteiger partial charge in [-0.2, -0.15) is 5.10 Å². The third-order valence-corrected chi connectivity index (χ3v) is 5.68. The molecule has 5 rings (SSSR count). The Kier molecular flexibility index (Phi) is 5.60. The molecule has 0 radical (unpaired) electrons. The maximum absolute atomic E-state index is 14.2. The molecule has 6 nitrogen and oxygen atoms in total. The Morgan fingerprint density at radius 2 is 1.83 bits per heavy atom. The molecule has 35 heavy (non-hydrogen) atoms. The van der Waals surface area contributed by atoms with E-state index in [0.29, 0.717) is 17.4 Å². The standard InChI is InChI=1S/C26H19F3N4O2/c1-15-3-2-4-16(9-15)12-32-13-20-25(19-10-17(27)5-8-23(19)32)31-33(26(20)35)14-24(34)30-18-6-7-21(28)22(29)11-18/h2-11,13H,12,14H2,1H3,(H,30,34). The van der Waals surface area contributed by atoms with Crippen molar-refractivity contribution < 1.29 is 18.0 Å². The van der Waals surface area contributed by atoms with Gasteiger partial charge in [-0.05, 0) is 42.8 Å². The molecule has 0 saturated heterocycles. The highest BCUT2D eigenvalue weighted by atomic mass is 19.2. The summed E-state index contributed by atoms with van der Waals surface area (Å²) in [5.41, 5.74) is 2.79. The minimum Gasteiger partial charge on any atom is -0.342 e. The molecule has 0 atom stereocenters. The van der Waals surface area contributed by atoms with Crippen molar-refractivity contribution in [2.45, 2.75) is 20.0 Å². The maximum Gasteiger partial charge on any atom is 0.278 e. The van der Waals surface area contributed by atoms with Crippen molar-refractivity contribution >= 4 is 22.5 Å². The molecule has 2 heterocycles. The molecule has 0 bridgehead atoms. The lowest BCUT2D eigenvalue weighted by Gasteiger charge is -2.14. The van der Waals surface area contributed by atoms with Crippen molar-refractivity contribution in [2.24, 2.45) is 0 Å². The quantitative estimate of drug-likeness (QED) is 0.399. The third-order valence-electron chi connectivity index (χ3n) is 5.68. The molecule has 1 amide bonds. The Morgan fingerprint density at radius 3 is 2.60 bits per heavy atom. The average molecular weight is 476 g/mol. The number of carbonyl (C=O) groups excluding carboxylic acids is 1. The third kappa shape index (κ3) is 4.40. The molecule has 3 aromatic carbocycles. The van der Waals surface area contributed by atoms with E-state index in [0.717, 1.165) is 27.9 Å². The fourth-order valence-corrected chi connectivity index (χ4v) is 4.10. The van der Waals surface area contributed by atoms with Crippen LogP contribution < -0.4 is 10.9 Å². The molecule has 0 spiro atoms. The Balaban J connectivity index is 1.54. The molecule has 0 aromatic heterocycles. The molecule has 1 N–H and O–H groups in total. The van der Waals surface area contributed by atoms with Gasteiger partial charge < -0.3 is 9.88 Å². The lowest BCUT2D eigenvalue weighted by molar-refractivity contribution is -0.116. The number of carbonyl (C=O) groups is 1. The molecule has 0 fully saturated rings. The van der Waals surface area contributed by atoms with Crippen molar-refractivity contribution in [1.29, 1.82) is 0 Å². The number of rotatable bonds is 5. The van der Waals surface area contributed by atoms with Crippen molar-refractivity contribution in [2.75, 3.05) is 5.32 Å². The predicted molar refractivity (Wildman–Crippen MR) is 126 cm³/mol. The van der Waals surface area contributed by atoms with Crippen molar-refractivity contribution in [3.05, 3.63) is 106 Å². The van der Waals surface area contributed by atoms with Crippen LogP contribution in [-0.2, 0) is 17.9 Å². The molecule has 9 heteroatoms. The number of hydrogen-bond donors (Lipinski definition) is 1. The van der Waals surface area contributed by atoms with E-state index in [-0.39, 0.29) is 16.9 Å². The number of aromatic nitrogens is 3. The number of halogens is 3. The Hall–Kier alpha value is -4.40. The number of benzene rings is 3. The monoisotopic (exact) mass is 476 g/mol. The summed E-state index contributed by atoms with van der Waals surface area (Å²) in [6.45, 7) is 1.97. The summed E-state index contributed by atoms with van der Waals surface area (Å²) in [5, 5.41) is 7.14. The van der Waals surface area contributed by atoms with Crippen molar-refractivity contribution in [1.82, 2.24) is 14.3 Å². The van der Waals surface area contributed by atoms with Crippen molar-refractivity contribution in [3.63, 3.8) is 0 Å². The van der Waals surface area contributed by atoms with Gasteiger partial charge in [-0.25, -0.2) is 17.9 Å². The van der Waals surface area contributed by atoms with Gasteiger partial charge in [-0.3, -0.25) is 9.59 Å². The zero-order valence-electron chi connectivity index (χ0n) is 18.6. The van der Waals surface area contributed by atoms with Gasteiger partial charge in [0.2, 0.25) is 5.91 Å². The van der Waals surface area contributed by atoms with Crippen LogP contribution in [0.2, 0.25) is 0 Å². The number of fused-ring (bicyclic) bond motifs is 3. The SMILES string of the molecule is Cc1cccc(Cn2cc3c(=O)n(CC(=O)Nc4ccc(F)c(F)c4)nc-3c3cc(F)ccc32)c1. The highest BCUT2D eigenvalue weighted by Crippen LogP contribution is 2.29. The van der Waals surface area contributed by atoms with Gasteiger partial charge in [0.1, 0.15) is 18.1 Å². The smallest absolute Gasteiger partial charge is 0.278 e. The van der Waals surface area contributed by atoms with Crippen LogP contribution >= 0.6 is 0 Å². The van der Waals surface area contributed by atoms with Crippen LogP contribution in [0.4, 0.5) is 18.9 Å². The van der Waals surface area contributed by atoms with Gasteiger partial charge in [0.15, 0.2) is 11.6 Å². The zero-order valence-corrected chi connectivity index (χ0v) is 18.6. The van der Waals surface area contributed by atoms with E-state index in [1.807, 2.05) is 35.8 Å². The van der Waals surface area contributed by atoms with Gasteiger partial charge >= 0.3 is 0 Å².